The maximum absolute atomic E-state index is 12.8. The van der Waals surface area contributed by atoms with E-state index in [1.807, 2.05) is 13.8 Å². The topological polar surface area (TPSA) is 106 Å². The number of carbonyl (C=O) groups is 1. The molecule has 0 fully saturated rings. The van der Waals surface area contributed by atoms with Gasteiger partial charge in [0.15, 0.2) is 11.5 Å². The molecule has 1 atom stereocenters. The molecule has 1 amide bonds. The van der Waals surface area contributed by atoms with Crippen LogP contribution in [0.1, 0.15) is 35.9 Å². The number of nitrogens with one attached hydrogen (secondary N) is 2. The van der Waals surface area contributed by atoms with Crippen molar-refractivity contribution in [3.8, 4) is 22.9 Å². The molecular formula is C21H20N4O4. The summed E-state index contributed by atoms with van der Waals surface area (Å²) in [6, 6.07) is 9.51. The summed E-state index contributed by atoms with van der Waals surface area (Å²) in [6.07, 6.45) is 3.26. The first-order valence-corrected chi connectivity index (χ1v) is 9.23. The molecule has 3 aromatic rings. The molecule has 148 valence electrons. The number of nitrogens with zero attached hydrogens (tertiary/aromatic N) is 2. The SMILES string of the molecule is CC(C)C(NC(=O)c1ccc2c(c1)OCO2)c1cc(=O)[nH]c(-c2ccncc2)n1. The van der Waals surface area contributed by atoms with Crippen LogP contribution in [-0.2, 0) is 0 Å². The Labute approximate surface area is 166 Å². The molecule has 1 aromatic carbocycles. The summed E-state index contributed by atoms with van der Waals surface area (Å²) < 4.78 is 10.6. The maximum Gasteiger partial charge on any atom is 0.251 e. The molecular weight excluding hydrogens is 372 g/mol. The van der Waals surface area contributed by atoms with E-state index in [2.05, 4.69) is 20.3 Å². The first-order chi connectivity index (χ1) is 14.0. The second-order valence-electron chi connectivity index (χ2n) is 7.02. The average molecular weight is 392 g/mol. The van der Waals surface area contributed by atoms with Gasteiger partial charge in [0.05, 0.1) is 11.7 Å². The van der Waals surface area contributed by atoms with Crippen molar-refractivity contribution >= 4 is 5.91 Å². The van der Waals surface area contributed by atoms with E-state index in [9.17, 15) is 9.59 Å². The lowest BCUT2D eigenvalue weighted by molar-refractivity contribution is 0.0924. The summed E-state index contributed by atoms with van der Waals surface area (Å²) in [4.78, 5) is 36.4. The largest absolute Gasteiger partial charge is 0.454 e. The lowest BCUT2D eigenvalue weighted by Crippen LogP contribution is -2.33. The van der Waals surface area contributed by atoms with E-state index in [1.54, 1.807) is 42.7 Å². The minimum atomic E-state index is -0.448. The predicted octanol–water partition coefficient (Wildman–Crippen LogP) is 2.69. The first-order valence-electron chi connectivity index (χ1n) is 9.23. The van der Waals surface area contributed by atoms with Gasteiger partial charge in [0.2, 0.25) is 6.79 Å². The van der Waals surface area contributed by atoms with Crippen LogP contribution in [0.4, 0.5) is 0 Å². The van der Waals surface area contributed by atoms with Crippen molar-refractivity contribution in [2.75, 3.05) is 6.79 Å². The van der Waals surface area contributed by atoms with Gasteiger partial charge in [-0.2, -0.15) is 0 Å². The number of ether oxygens (including phenoxy) is 2. The summed E-state index contributed by atoms with van der Waals surface area (Å²) in [5.41, 5.74) is 1.39. The number of hydrogen-bond donors (Lipinski definition) is 2. The van der Waals surface area contributed by atoms with Gasteiger partial charge in [0, 0.05) is 29.6 Å². The third-order valence-corrected chi connectivity index (χ3v) is 4.62. The molecule has 1 unspecified atom stereocenters. The van der Waals surface area contributed by atoms with E-state index >= 15 is 0 Å². The normalized spacial score (nSPS) is 13.3. The lowest BCUT2D eigenvalue weighted by Gasteiger charge is -2.22. The Kier molecular flexibility index (Phi) is 4.99. The molecule has 8 nitrogen and oxygen atoms in total. The summed E-state index contributed by atoms with van der Waals surface area (Å²) in [5, 5.41) is 2.98. The van der Waals surface area contributed by atoms with Gasteiger partial charge in [-0.1, -0.05) is 13.8 Å². The smallest absolute Gasteiger partial charge is 0.251 e. The van der Waals surface area contributed by atoms with E-state index in [-0.39, 0.29) is 24.2 Å². The molecule has 29 heavy (non-hydrogen) atoms. The van der Waals surface area contributed by atoms with E-state index in [4.69, 9.17) is 9.47 Å². The van der Waals surface area contributed by atoms with Gasteiger partial charge in [0.25, 0.3) is 11.5 Å². The average Bonchev–Trinajstić information content (AvgIpc) is 3.19. The molecule has 1 aliphatic rings. The van der Waals surface area contributed by atoms with Crippen LogP contribution in [0, 0.1) is 5.92 Å². The second-order valence-corrected chi connectivity index (χ2v) is 7.02. The Morgan fingerprint density at radius 1 is 1.10 bits per heavy atom. The Balaban J connectivity index is 1.63. The third kappa shape index (κ3) is 3.96. The molecule has 0 radical (unpaired) electrons. The minimum Gasteiger partial charge on any atom is -0.454 e. The van der Waals surface area contributed by atoms with Crippen LogP contribution in [0.2, 0.25) is 0 Å². The van der Waals surface area contributed by atoms with E-state index in [0.717, 1.165) is 5.56 Å². The number of fused-ring (bicyclic) bond motifs is 1. The van der Waals surface area contributed by atoms with Crippen LogP contribution in [-0.4, -0.2) is 27.7 Å². The van der Waals surface area contributed by atoms with Gasteiger partial charge < -0.3 is 19.8 Å². The summed E-state index contributed by atoms with van der Waals surface area (Å²) >= 11 is 0. The zero-order valence-electron chi connectivity index (χ0n) is 16.0. The Hall–Kier alpha value is -3.68. The predicted molar refractivity (Wildman–Crippen MR) is 106 cm³/mol. The van der Waals surface area contributed by atoms with E-state index in [0.29, 0.717) is 28.6 Å². The number of benzene rings is 1. The van der Waals surface area contributed by atoms with Crippen LogP contribution >= 0.6 is 0 Å². The van der Waals surface area contributed by atoms with Gasteiger partial charge >= 0.3 is 0 Å². The van der Waals surface area contributed by atoms with E-state index < -0.39 is 6.04 Å². The molecule has 3 heterocycles. The first kappa shape index (κ1) is 18.7. The van der Waals surface area contributed by atoms with Crippen LogP contribution in [0.15, 0.2) is 53.6 Å². The number of aromatic nitrogens is 3. The van der Waals surface area contributed by atoms with Crippen LogP contribution in [0.25, 0.3) is 11.4 Å². The quantitative estimate of drug-likeness (QED) is 0.691. The molecule has 4 rings (SSSR count). The standard InChI is InChI=1S/C21H20N4O4/c1-12(2)19(25-21(27)14-3-4-16-17(9-14)29-11-28-16)15-10-18(26)24-20(23-15)13-5-7-22-8-6-13/h3-10,12,19H,11H2,1-2H3,(H,25,27)(H,23,24,26). The number of hydrogen-bond acceptors (Lipinski definition) is 6. The number of amides is 1. The number of H-pyrrole nitrogens is 1. The number of aromatic amines is 1. The third-order valence-electron chi connectivity index (χ3n) is 4.62. The summed E-state index contributed by atoms with van der Waals surface area (Å²) in [5.74, 6) is 1.30. The fourth-order valence-corrected chi connectivity index (χ4v) is 3.13. The Morgan fingerprint density at radius 3 is 2.62 bits per heavy atom. The lowest BCUT2D eigenvalue weighted by atomic mass is 9.99. The fourth-order valence-electron chi connectivity index (χ4n) is 3.13. The number of rotatable bonds is 5. The molecule has 0 aliphatic carbocycles. The van der Waals surface area contributed by atoms with Crippen LogP contribution in [0.3, 0.4) is 0 Å². The van der Waals surface area contributed by atoms with Crippen LogP contribution < -0.4 is 20.3 Å². The molecule has 0 bridgehead atoms. The van der Waals surface area contributed by atoms with Gasteiger partial charge in [-0.05, 0) is 36.2 Å². The van der Waals surface area contributed by atoms with Crippen molar-refractivity contribution in [3.05, 3.63) is 70.4 Å². The molecule has 2 aromatic heterocycles. The zero-order valence-corrected chi connectivity index (χ0v) is 16.0. The summed E-state index contributed by atoms with van der Waals surface area (Å²) in [6.45, 7) is 4.06. The number of carbonyl (C=O) groups excluding carboxylic acids is 1. The molecule has 1 aliphatic heterocycles. The van der Waals surface area contributed by atoms with Crippen molar-refractivity contribution < 1.29 is 14.3 Å². The molecule has 8 heteroatoms. The van der Waals surface area contributed by atoms with Crippen LogP contribution in [0.5, 0.6) is 11.5 Å². The molecule has 0 spiro atoms. The maximum atomic E-state index is 12.8. The minimum absolute atomic E-state index is 0.00699. The van der Waals surface area contributed by atoms with Crippen molar-refractivity contribution in [2.45, 2.75) is 19.9 Å². The van der Waals surface area contributed by atoms with E-state index in [1.165, 1.54) is 6.07 Å². The Morgan fingerprint density at radius 2 is 1.86 bits per heavy atom. The Bertz CT molecular complexity index is 1100. The van der Waals surface area contributed by atoms with Crippen molar-refractivity contribution in [1.82, 2.24) is 20.3 Å². The molecule has 0 saturated heterocycles. The highest BCUT2D eigenvalue weighted by molar-refractivity contribution is 5.95. The zero-order chi connectivity index (χ0) is 20.4. The highest BCUT2D eigenvalue weighted by Gasteiger charge is 2.23. The highest BCUT2D eigenvalue weighted by Crippen LogP contribution is 2.32. The van der Waals surface area contributed by atoms with Crippen molar-refractivity contribution in [3.63, 3.8) is 0 Å². The van der Waals surface area contributed by atoms with Gasteiger partial charge in [0.1, 0.15) is 5.82 Å². The van der Waals surface area contributed by atoms with Gasteiger partial charge in [-0.25, -0.2) is 4.98 Å². The fraction of sp³-hybridized carbons (Fsp3) is 0.238. The van der Waals surface area contributed by atoms with Crippen molar-refractivity contribution in [1.29, 1.82) is 0 Å². The van der Waals surface area contributed by atoms with Crippen molar-refractivity contribution in [2.24, 2.45) is 5.92 Å². The second kappa shape index (κ2) is 7.75. The molecule has 0 saturated carbocycles. The highest BCUT2D eigenvalue weighted by atomic mass is 16.7. The van der Waals surface area contributed by atoms with Gasteiger partial charge in [-0.15, -0.1) is 0 Å². The number of pyridine rings is 1. The summed E-state index contributed by atoms with van der Waals surface area (Å²) in [7, 11) is 0. The molecule has 2 N–H and O–H groups in total. The monoisotopic (exact) mass is 392 g/mol. The van der Waals surface area contributed by atoms with Gasteiger partial charge in [-0.3, -0.25) is 14.6 Å².